The lowest BCUT2D eigenvalue weighted by Gasteiger charge is -2.26. The van der Waals surface area contributed by atoms with E-state index in [-0.39, 0.29) is 0 Å². The molecule has 0 fully saturated rings. The monoisotopic (exact) mass is 428 g/mol. The van der Waals surface area contributed by atoms with Gasteiger partial charge in [0.25, 0.3) is 0 Å². The maximum Gasteiger partial charge on any atom is 0.00385 e. The molecule has 0 saturated carbocycles. The molecule has 0 heterocycles. The highest BCUT2D eigenvalue weighted by molar-refractivity contribution is 4.64. The topological polar surface area (TPSA) is 3.24 Å². The molecular weight excluding hydrogens is 362 g/mol. The van der Waals surface area contributed by atoms with Gasteiger partial charge in [-0.05, 0) is 74.7 Å². The third kappa shape index (κ3) is 22.6. The van der Waals surface area contributed by atoms with Crippen molar-refractivity contribution in [3.8, 4) is 0 Å². The minimum Gasteiger partial charge on any atom is -0.301 e. The fourth-order valence-electron chi connectivity index (χ4n) is 4.21. The van der Waals surface area contributed by atoms with Gasteiger partial charge in [-0.2, -0.15) is 0 Å². The molecule has 0 N–H and O–H groups in total. The van der Waals surface area contributed by atoms with E-state index in [0.29, 0.717) is 6.04 Å². The van der Waals surface area contributed by atoms with Crippen LogP contribution < -0.4 is 0 Å². The van der Waals surface area contributed by atoms with Crippen molar-refractivity contribution in [1.82, 2.24) is 4.90 Å². The molecule has 0 bridgehead atoms. The highest BCUT2D eigenvalue weighted by atomic mass is 15.1. The molecule has 0 saturated heterocycles. The summed E-state index contributed by atoms with van der Waals surface area (Å²) in [5.41, 5.74) is 0. The van der Waals surface area contributed by atoms with Gasteiger partial charge in [-0.1, -0.05) is 103 Å². The van der Waals surface area contributed by atoms with E-state index in [1.165, 1.54) is 38.8 Å². The van der Waals surface area contributed by atoms with Crippen LogP contribution in [0.1, 0.15) is 130 Å². The second-order valence-electron chi connectivity index (χ2n) is 11.7. The first-order valence-corrected chi connectivity index (χ1v) is 13.5. The van der Waals surface area contributed by atoms with Gasteiger partial charge in [0.2, 0.25) is 0 Å². The SMILES string of the molecule is CCC(CC(C)C)C(C)C.CCC(CC(C)C)C(C)C.CCN(CC(C)C)C(C)C. The Hall–Kier alpha value is -0.0400. The lowest BCUT2D eigenvalue weighted by atomic mass is 9.86. The van der Waals surface area contributed by atoms with Crippen LogP contribution >= 0.6 is 0 Å². The van der Waals surface area contributed by atoms with E-state index in [9.17, 15) is 0 Å². The zero-order chi connectivity index (χ0) is 24.4. The number of rotatable bonds is 12. The average Bonchev–Trinajstić information content (AvgIpc) is 2.61. The molecule has 0 aliphatic rings. The predicted octanol–water partition coefficient (Wildman–Crippen LogP) is 9.80. The lowest BCUT2D eigenvalue weighted by Crippen LogP contribution is -2.33. The van der Waals surface area contributed by atoms with Crippen molar-refractivity contribution in [2.45, 2.75) is 136 Å². The quantitative estimate of drug-likeness (QED) is 0.299. The zero-order valence-electron chi connectivity index (χ0n) is 24.3. The van der Waals surface area contributed by atoms with Gasteiger partial charge in [0.05, 0.1) is 0 Å². The number of hydrogen-bond donors (Lipinski definition) is 0. The summed E-state index contributed by atoms with van der Waals surface area (Å²) in [6, 6.07) is 0.701. The lowest BCUT2D eigenvalue weighted by molar-refractivity contribution is 0.208. The van der Waals surface area contributed by atoms with Crippen LogP contribution in [-0.4, -0.2) is 24.0 Å². The van der Waals surface area contributed by atoms with E-state index in [1.54, 1.807) is 0 Å². The third-order valence-electron chi connectivity index (χ3n) is 6.22. The van der Waals surface area contributed by atoms with E-state index in [0.717, 1.165) is 41.4 Å². The van der Waals surface area contributed by atoms with Gasteiger partial charge in [-0.25, -0.2) is 0 Å². The van der Waals surface area contributed by atoms with E-state index >= 15 is 0 Å². The normalized spacial score (nSPS) is 13.8. The van der Waals surface area contributed by atoms with Crippen LogP contribution in [-0.2, 0) is 0 Å². The molecule has 0 aromatic rings. The summed E-state index contributed by atoms with van der Waals surface area (Å²) in [5, 5.41) is 0. The molecule has 2 atom stereocenters. The van der Waals surface area contributed by atoms with Crippen LogP contribution in [0.2, 0.25) is 0 Å². The summed E-state index contributed by atoms with van der Waals surface area (Å²) < 4.78 is 0. The molecule has 0 spiro atoms. The van der Waals surface area contributed by atoms with Crippen molar-refractivity contribution in [1.29, 1.82) is 0 Å². The summed E-state index contributed by atoms with van der Waals surface area (Å²) >= 11 is 0. The Balaban J connectivity index is -0.000000364. The molecule has 0 radical (unpaired) electrons. The molecular formula is C29H65N. The van der Waals surface area contributed by atoms with E-state index < -0.39 is 0 Å². The predicted molar refractivity (Wildman–Crippen MR) is 143 cm³/mol. The Kier molecular flexibility index (Phi) is 24.0. The molecule has 0 amide bonds. The van der Waals surface area contributed by atoms with Crippen LogP contribution in [0.25, 0.3) is 0 Å². The van der Waals surface area contributed by atoms with Crippen molar-refractivity contribution in [3.63, 3.8) is 0 Å². The van der Waals surface area contributed by atoms with Gasteiger partial charge < -0.3 is 4.90 Å². The third-order valence-corrected chi connectivity index (χ3v) is 6.22. The largest absolute Gasteiger partial charge is 0.301 e. The molecule has 1 heteroatoms. The summed E-state index contributed by atoms with van der Waals surface area (Å²) in [5.74, 6) is 6.15. The van der Waals surface area contributed by atoms with Crippen LogP contribution in [0.5, 0.6) is 0 Å². The van der Waals surface area contributed by atoms with Gasteiger partial charge in [-0.15, -0.1) is 0 Å². The maximum absolute atomic E-state index is 2.49. The first kappa shape index (κ1) is 34.6. The first-order chi connectivity index (χ1) is 13.7. The smallest absolute Gasteiger partial charge is 0.00385 e. The van der Waals surface area contributed by atoms with Crippen molar-refractivity contribution in [2.75, 3.05) is 13.1 Å². The van der Waals surface area contributed by atoms with Gasteiger partial charge in [0, 0.05) is 12.6 Å². The number of nitrogens with zero attached hydrogens (tertiary/aromatic N) is 1. The summed E-state index contributed by atoms with van der Waals surface area (Å²) in [6.07, 6.45) is 5.48. The Morgan fingerprint density at radius 2 is 0.833 bits per heavy atom. The molecule has 0 rings (SSSR count). The maximum atomic E-state index is 2.49. The fraction of sp³-hybridized carbons (Fsp3) is 1.00. The van der Waals surface area contributed by atoms with Crippen LogP contribution in [0, 0.1) is 41.4 Å². The second kappa shape index (κ2) is 20.8. The zero-order valence-corrected chi connectivity index (χ0v) is 24.3. The summed E-state index contributed by atoms with van der Waals surface area (Å²) in [4.78, 5) is 2.49. The Labute approximate surface area is 195 Å². The van der Waals surface area contributed by atoms with E-state index in [4.69, 9.17) is 0 Å². The molecule has 2 unspecified atom stereocenters. The van der Waals surface area contributed by atoms with Crippen molar-refractivity contribution >= 4 is 0 Å². The standard InChI is InChI=1S/2C10H22.C9H21N/c3*1-6-10(9(4)5)7-8(2)3/h2*8-10H,6-7H2,1-5H3;8-9H,6-7H2,1-5H3. The minimum absolute atomic E-state index is 0.701. The molecule has 30 heavy (non-hydrogen) atoms. The minimum atomic E-state index is 0.701. The summed E-state index contributed by atoms with van der Waals surface area (Å²) in [6.45, 7) is 36.8. The van der Waals surface area contributed by atoms with Gasteiger partial charge in [0.1, 0.15) is 0 Å². The molecule has 0 aliphatic heterocycles. The van der Waals surface area contributed by atoms with Crippen LogP contribution in [0.4, 0.5) is 0 Å². The molecule has 186 valence electrons. The van der Waals surface area contributed by atoms with Gasteiger partial charge >= 0.3 is 0 Å². The average molecular weight is 428 g/mol. The number of hydrogen-bond acceptors (Lipinski definition) is 1. The first-order valence-electron chi connectivity index (χ1n) is 13.5. The molecule has 0 aliphatic carbocycles. The van der Waals surface area contributed by atoms with Gasteiger partial charge in [-0.3, -0.25) is 0 Å². The molecule has 1 nitrogen and oxygen atoms in total. The van der Waals surface area contributed by atoms with Crippen LogP contribution in [0.3, 0.4) is 0 Å². The van der Waals surface area contributed by atoms with Crippen molar-refractivity contribution in [2.24, 2.45) is 41.4 Å². The molecule has 0 aromatic carbocycles. The summed E-state index contributed by atoms with van der Waals surface area (Å²) in [7, 11) is 0. The Morgan fingerprint density at radius 3 is 0.900 bits per heavy atom. The fourth-order valence-corrected chi connectivity index (χ4v) is 4.21. The van der Waals surface area contributed by atoms with E-state index in [1.807, 2.05) is 0 Å². The van der Waals surface area contributed by atoms with Gasteiger partial charge in [0.15, 0.2) is 0 Å². The Morgan fingerprint density at radius 1 is 0.500 bits per heavy atom. The Bertz CT molecular complexity index is 275. The highest BCUT2D eigenvalue weighted by Gasteiger charge is 2.12. The van der Waals surface area contributed by atoms with Crippen molar-refractivity contribution in [3.05, 3.63) is 0 Å². The molecule has 0 aromatic heterocycles. The van der Waals surface area contributed by atoms with Crippen LogP contribution in [0.15, 0.2) is 0 Å². The van der Waals surface area contributed by atoms with Crippen molar-refractivity contribution < 1.29 is 0 Å². The highest BCUT2D eigenvalue weighted by Crippen LogP contribution is 2.23. The second-order valence-corrected chi connectivity index (χ2v) is 11.7. The van der Waals surface area contributed by atoms with E-state index in [2.05, 4.69) is 109 Å².